The van der Waals surface area contributed by atoms with Crippen LogP contribution in [0.25, 0.3) is 0 Å². The van der Waals surface area contributed by atoms with Crippen molar-refractivity contribution >= 4 is 17.6 Å². The Labute approximate surface area is 203 Å². The molecule has 9 nitrogen and oxygen atoms in total. The van der Waals surface area contributed by atoms with Gasteiger partial charge in [-0.15, -0.1) is 0 Å². The van der Waals surface area contributed by atoms with Crippen LogP contribution < -0.4 is 15.4 Å². The number of carbonyl (C=O) groups excluding carboxylic acids is 2. The first-order valence-electron chi connectivity index (χ1n) is 10.9. The summed E-state index contributed by atoms with van der Waals surface area (Å²) in [5, 5.41) is 10.1. The van der Waals surface area contributed by atoms with Crippen molar-refractivity contribution in [2.45, 2.75) is 12.3 Å². The minimum atomic E-state index is -0.914. The van der Waals surface area contributed by atoms with Crippen molar-refractivity contribution in [3.63, 3.8) is 0 Å². The van der Waals surface area contributed by atoms with Crippen molar-refractivity contribution in [1.29, 1.82) is 5.26 Å². The molecule has 0 radical (unpaired) electrons. The number of esters is 2. The van der Waals surface area contributed by atoms with Crippen LogP contribution >= 0.6 is 0 Å². The average molecular weight is 478 g/mol. The number of nitrogens with zero attached hydrogens (tertiary/aromatic N) is 2. The molecule has 0 saturated heterocycles. The van der Waals surface area contributed by atoms with E-state index in [1.54, 1.807) is 61.7 Å². The summed E-state index contributed by atoms with van der Waals surface area (Å²) in [6, 6.07) is 17.7. The van der Waals surface area contributed by atoms with Crippen LogP contribution in [0.3, 0.4) is 0 Å². The number of hydrogen-bond donors (Lipinski definition) is 1. The third kappa shape index (κ3) is 5.28. The van der Waals surface area contributed by atoms with E-state index in [9.17, 15) is 14.9 Å². The number of nitrogens with two attached hydrogens (primary N) is 1. The maximum Gasteiger partial charge on any atom is 0.355 e. The molecule has 1 aliphatic rings. The highest BCUT2D eigenvalue weighted by Crippen LogP contribution is 2.43. The highest BCUT2D eigenvalue weighted by molar-refractivity contribution is 6.06. The molecule has 9 heteroatoms. The fraction of sp³-hybridized carbons (Fsp3) is 0.269. The van der Waals surface area contributed by atoms with Gasteiger partial charge >= 0.3 is 11.9 Å². The molecule has 1 unspecified atom stereocenters. The number of benzene rings is 2. The first kappa shape index (κ1) is 25.3. The largest absolute Gasteiger partial charge is 0.494 e. The Morgan fingerprint density at radius 3 is 2.20 bits per heavy atom. The van der Waals surface area contributed by atoms with Crippen molar-refractivity contribution < 1.29 is 28.5 Å². The summed E-state index contributed by atoms with van der Waals surface area (Å²) < 4.78 is 20.8. The van der Waals surface area contributed by atoms with Gasteiger partial charge in [0.25, 0.3) is 0 Å². The summed E-state index contributed by atoms with van der Waals surface area (Å²) in [7, 11) is 4.04. The van der Waals surface area contributed by atoms with Crippen molar-refractivity contribution in [1.82, 2.24) is 0 Å². The van der Waals surface area contributed by atoms with Crippen molar-refractivity contribution in [2.24, 2.45) is 5.73 Å². The molecule has 35 heavy (non-hydrogen) atoms. The summed E-state index contributed by atoms with van der Waals surface area (Å²) in [5.74, 6) is -1.89. The lowest BCUT2D eigenvalue weighted by Crippen LogP contribution is -2.40. The van der Waals surface area contributed by atoms with E-state index in [2.05, 4.69) is 6.07 Å². The van der Waals surface area contributed by atoms with Crippen molar-refractivity contribution in [2.75, 3.05) is 39.4 Å². The van der Waals surface area contributed by atoms with E-state index in [0.29, 0.717) is 30.2 Å². The molecule has 3 rings (SSSR count). The summed E-state index contributed by atoms with van der Waals surface area (Å²) >= 11 is 0. The molecule has 0 aliphatic carbocycles. The van der Waals surface area contributed by atoms with E-state index in [1.807, 2.05) is 0 Å². The van der Waals surface area contributed by atoms with Crippen molar-refractivity contribution in [3.05, 3.63) is 82.8 Å². The van der Waals surface area contributed by atoms with Crippen LogP contribution in [0, 0.1) is 11.3 Å². The van der Waals surface area contributed by atoms with Crippen LogP contribution in [0.4, 0.5) is 5.69 Å². The number of ether oxygens (including phenoxy) is 4. The van der Waals surface area contributed by atoms with Crippen molar-refractivity contribution in [3.8, 4) is 11.8 Å². The number of methoxy groups -OCH3 is 3. The van der Waals surface area contributed by atoms with Gasteiger partial charge in [-0.25, -0.2) is 9.59 Å². The Balaban J connectivity index is 2.16. The van der Waals surface area contributed by atoms with Crippen LogP contribution in [-0.4, -0.2) is 46.5 Å². The monoisotopic (exact) mass is 477 g/mol. The summed E-state index contributed by atoms with van der Waals surface area (Å²) in [4.78, 5) is 27.4. The Bertz CT molecular complexity index is 1170. The van der Waals surface area contributed by atoms with Crippen LogP contribution in [0.15, 0.2) is 77.3 Å². The number of rotatable bonds is 9. The topological polar surface area (TPSA) is 124 Å². The van der Waals surface area contributed by atoms with Crippen LogP contribution in [-0.2, 0) is 23.8 Å². The predicted octanol–water partition coefficient (Wildman–Crippen LogP) is 3.00. The number of carbonyl (C=O) groups is 2. The highest BCUT2D eigenvalue weighted by atomic mass is 16.5. The number of allylic oxidation sites excluding steroid dienone is 1. The molecule has 2 aromatic carbocycles. The molecule has 1 atom stereocenters. The first-order chi connectivity index (χ1) is 17.0. The third-order valence-electron chi connectivity index (χ3n) is 5.47. The zero-order valence-electron chi connectivity index (χ0n) is 19.8. The lowest BCUT2D eigenvalue weighted by Gasteiger charge is -2.35. The molecule has 0 aromatic heterocycles. The SMILES string of the molecule is COCCCOc1ccc(N2C(N)=C(C#N)C(c3ccccc3)C(C(=O)OC)=C2C(=O)OC)cc1. The first-order valence-corrected chi connectivity index (χ1v) is 10.9. The van der Waals surface area contributed by atoms with E-state index in [-0.39, 0.29) is 22.7 Å². The fourth-order valence-electron chi connectivity index (χ4n) is 3.87. The lowest BCUT2D eigenvalue weighted by molar-refractivity contribution is -0.139. The quantitative estimate of drug-likeness (QED) is 0.429. The number of hydrogen-bond acceptors (Lipinski definition) is 9. The third-order valence-corrected chi connectivity index (χ3v) is 5.47. The number of nitriles is 1. The van der Waals surface area contributed by atoms with Crippen LogP contribution in [0.5, 0.6) is 5.75 Å². The molecule has 1 aliphatic heterocycles. The molecule has 182 valence electrons. The van der Waals surface area contributed by atoms with Crippen LogP contribution in [0.1, 0.15) is 17.9 Å². The summed E-state index contributed by atoms with van der Waals surface area (Å²) in [6.45, 7) is 1.05. The average Bonchev–Trinajstić information content (AvgIpc) is 2.90. The summed E-state index contributed by atoms with van der Waals surface area (Å²) in [5.41, 5.74) is 7.45. The second-order valence-corrected chi connectivity index (χ2v) is 7.52. The van der Waals surface area contributed by atoms with E-state index < -0.39 is 17.9 Å². The maximum atomic E-state index is 13.0. The van der Waals surface area contributed by atoms with Gasteiger partial charge in [0.15, 0.2) is 0 Å². The van der Waals surface area contributed by atoms with Gasteiger partial charge in [0.05, 0.1) is 44.0 Å². The van der Waals surface area contributed by atoms with Gasteiger partial charge in [-0.3, -0.25) is 4.90 Å². The van der Waals surface area contributed by atoms with Gasteiger partial charge in [-0.1, -0.05) is 30.3 Å². The highest BCUT2D eigenvalue weighted by Gasteiger charge is 2.42. The van der Waals surface area contributed by atoms with E-state index in [0.717, 1.165) is 6.42 Å². The summed E-state index contributed by atoms with van der Waals surface area (Å²) in [6.07, 6.45) is 0.726. The molecule has 0 amide bonds. The molecule has 0 bridgehead atoms. The van der Waals surface area contributed by atoms with Crippen LogP contribution in [0.2, 0.25) is 0 Å². The zero-order valence-corrected chi connectivity index (χ0v) is 19.8. The minimum absolute atomic E-state index is 0.00293. The molecular weight excluding hydrogens is 450 g/mol. The fourth-order valence-corrected chi connectivity index (χ4v) is 3.87. The van der Waals surface area contributed by atoms with E-state index >= 15 is 0 Å². The molecule has 2 aromatic rings. The van der Waals surface area contributed by atoms with Gasteiger partial charge < -0.3 is 24.7 Å². The zero-order chi connectivity index (χ0) is 25.4. The Morgan fingerprint density at radius 2 is 1.63 bits per heavy atom. The van der Waals surface area contributed by atoms with Gasteiger partial charge in [0.2, 0.25) is 0 Å². The standard InChI is InChI=1S/C26H27N3O6/c1-32-14-7-15-35-19-12-10-18(11-13-19)29-23(26(31)34-3)22(25(30)33-2)21(20(16-27)24(29)28)17-8-5-4-6-9-17/h4-6,8-13,21H,7,14-15,28H2,1-3H3. The normalized spacial score (nSPS) is 15.5. The minimum Gasteiger partial charge on any atom is -0.494 e. The van der Waals surface area contributed by atoms with E-state index in [4.69, 9.17) is 24.7 Å². The Hall–Kier alpha value is -4.29. The molecule has 1 heterocycles. The molecule has 0 fully saturated rings. The van der Waals surface area contributed by atoms with Gasteiger partial charge in [0, 0.05) is 25.8 Å². The predicted molar refractivity (Wildman–Crippen MR) is 128 cm³/mol. The molecule has 2 N–H and O–H groups in total. The second-order valence-electron chi connectivity index (χ2n) is 7.52. The van der Waals surface area contributed by atoms with Gasteiger partial charge in [-0.05, 0) is 29.8 Å². The Morgan fingerprint density at radius 1 is 0.971 bits per heavy atom. The van der Waals surface area contributed by atoms with Gasteiger partial charge in [0.1, 0.15) is 17.3 Å². The van der Waals surface area contributed by atoms with Gasteiger partial charge in [-0.2, -0.15) is 5.26 Å². The Kier molecular flexibility index (Phi) is 8.48. The van der Waals surface area contributed by atoms with E-state index in [1.165, 1.54) is 19.1 Å². The lowest BCUT2D eigenvalue weighted by atomic mass is 9.81. The second kappa shape index (κ2) is 11.7. The smallest absolute Gasteiger partial charge is 0.355 e. The maximum absolute atomic E-state index is 13.0. The molecular formula is C26H27N3O6. The molecule has 0 spiro atoms. The number of anilines is 1. The molecule has 0 saturated carbocycles.